The van der Waals surface area contributed by atoms with Gasteiger partial charge in [0.25, 0.3) is 0 Å². The fraction of sp³-hybridized carbons (Fsp3) is 0. The van der Waals surface area contributed by atoms with E-state index >= 15 is 0 Å². The first-order valence-electron chi connectivity index (χ1n) is 5.29. The van der Waals surface area contributed by atoms with Gasteiger partial charge in [0.1, 0.15) is 4.88 Å². The molecule has 5 heteroatoms. The standard InChI is InChI=1S/C13H8N2O2S/c16-13(17)12-10-7-9(1-2-11(10)15-18-12)8-3-5-14-6-4-8/h1-7H,(H,16,17). The van der Waals surface area contributed by atoms with Gasteiger partial charge < -0.3 is 5.11 Å². The molecule has 0 unspecified atom stereocenters. The van der Waals surface area contributed by atoms with Crippen LogP contribution in [-0.2, 0) is 0 Å². The molecular formula is C13H8N2O2S. The van der Waals surface area contributed by atoms with E-state index in [1.807, 2.05) is 30.3 Å². The van der Waals surface area contributed by atoms with Crippen molar-refractivity contribution in [3.8, 4) is 11.1 Å². The summed E-state index contributed by atoms with van der Waals surface area (Å²) in [6.45, 7) is 0. The number of fused-ring (bicyclic) bond motifs is 1. The Bertz CT molecular complexity index is 722. The monoisotopic (exact) mass is 256 g/mol. The molecule has 18 heavy (non-hydrogen) atoms. The molecule has 3 rings (SSSR count). The zero-order valence-electron chi connectivity index (χ0n) is 9.20. The number of pyridine rings is 1. The van der Waals surface area contributed by atoms with E-state index < -0.39 is 5.97 Å². The summed E-state index contributed by atoms with van der Waals surface area (Å²) in [4.78, 5) is 15.3. The molecule has 0 aliphatic heterocycles. The van der Waals surface area contributed by atoms with Crippen molar-refractivity contribution in [1.82, 2.24) is 9.36 Å². The Balaban J connectivity index is 2.21. The molecule has 0 aliphatic carbocycles. The SMILES string of the molecule is O=C(O)c1snc2ccc(-c3ccncc3)cc12. The van der Waals surface area contributed by atoms with E-state index in [4.69, 9.17) is 5.11 Å². The minimum Gasteiger partial charge on any atom is -0.477 e. The van der Waals surface area contributed by atoms with Crippen LogP contribution in [0.5, 0.6) is 0 Å². The molecule has 88 valence electrons. The van der Waals surface area contributed by atoms with Crippen LogP contribution in [0.2, 0.25) is 0 Å². The molecule has 0 amide bonds. The van der Waals surface area contributed by atoms with E-state index in [0.29, 0.717) is 5.39 Å². The van der Waals surface area contributed by atoms with Crippen molar-refractivity contribution >= 4 is 28.4 Å². The Hall–Kier alpha value is -2.27. The van der Waals surface area contributed by atoms with Crippen LogP contribution >= 0.6 is 11.5 Å². The van der Waals surface area contributed by atoms with Gasteiger partial charge in [-0.2, -0.15) is 4.37 Å². The second-order valence-electron chi connectivity index (χ2n) is 3.78. The van der Waals surface area contributed by atoms with E-state index in [1.165, 1.54) is 0 Å². The van der Waals surface area contributed by atoms with E-state index in [0.717, 1.165) is 28.2 Å². The summed E-state index contributed by atoms with van der Waals surface area (Å²) in [6.07, 6.45) is 3.42. The molecule has 4 nitrogen and oxygen atoms in total. The van der Waals surface area contributed by atoms with Crippen molar-refractivity contribution in [1.29, 1.82) is 0 Å². The van der Waals surface area contributed by atoms with Crippen molar-refractivity contribution in [3.05, 3.63) is 47.6 Å². The molecule has 1 N–H and O–H groups in total. The lowest BCUT2D eigenvalue weighted by Gasteiger charge is -2.01. The number of benzene rings is 1. The predicted octanol–water partition coefficient (Wildman–Crippen LogP) is 3.06. The summed E-state index contributed by atoms with van der Waals surface area (Å²) in [7, 11) is 0. The molecule has 0 spiro atoms. The fourth-order valence-electron chi connectivity index (χ4n) is 1.82. The van der Waals surface area contributed by atoms with Crippen LogP contribution in [0, 0.1) is 0 Å². The first kappa shape index (κ1) is 10.9. The highest BCUT2D eigenvalue weighted by Crippen LogP contribution is 2.28. The normalized spacial score (nSPS) is 10.7. The van der Waals surface area contributed by atoms with Crippen LogP contribution in [0.3, 0.4) is 0 Å². The van der Waals surface area contributed by atoms with Crippen molar-refractivity contribution < 1.29 is 9.90 Å². The van der Waals surface area contributed by atoms with Crippen LogP contribution in [0.1, 0.15) is 9.67 Å². The van der Waals surface area contributed by atoms with Crippen LogP contribution in [0.25, 0.3) is 22.0 Å². The van der Waals surface area contributed by atoms with Gasteiger partial charge in [0.2, 0.25) is 0 Å². The molecule has 2 heterocycles. The Labute approximate surface area is 107 Å². The van der Waals surface area contributed by atoms with Gasteiger partial charge in [0, 0.05) is 17.8 Å². The lowest BCUT2D eigenvalue weighted by atomic mass is 10.0. The molecule has 3 aromatic rings. The van der Waals surface area contributed by atoms with Gasteiger partial charge in [-0.05, 0) is 46.9 Å². The summed E-state index contributed by atoms with van der Waals surface area (Å²) < 4.78 is 4.12. The third-order valence-electron chi connectivity index (χ3n) is 2.68. The number of carboxylic acids is 1. The maximum absolute atomic E-state index is 11.1. The summed E-state index contributed by atoms with van der Waals surface area (Å²) in [6, 6.07) is 9.41. The van der Waals surface area contributed by atoms with E-state index in [1.54, 1.807) is 12.4 Å². The number of carbonyl (C=O) groups is 1. The van der Waals surface area contributed by atoms with Gasteiger partial charge in [-0.25, -0.2) is 4.79 Å². The minimum atomic E-state index is -0.936. The highest BCUT2D eigenvalue weighted by atomic mass is 32.1. The predicted molar refractivity (Wildman–Crippen MR) is 69.8 cm³/mol. The second-order valence-corrected chi connectivity index (χ2v) is 4.56. The summed E-state index contributed by atoms with van der Waals surface area (Å²) >= 11 is 1.01. The largest absolute Gasteiger partial charge is 0.477 e. The smallest absolute Gasteiger partial charge is 0.348 e. The average Bonchev–Trinajstić information content (AvgIpc) is 2.82. The summed E-state index contributed by atoms with van der Waals surface area (Å²) in [5.41, 5.74) is 2.69. The molecule has 0 bridgehead atoms. The summed E-state index contributed by atoms with van der Waals surface area (Å²) in [5, 5.41) is 9.78. The number of hydrogen-bond donors (Lipinski definition) is 1. The van der Waals surface area contributed by atoms with Crippen molar-refractivity contribution in [2.45, 2.75) is 0 Å². The molecular weight excluding hydrogens is 248 g/mol. The fourth-order valence-corrected chi connectivity index (χ4v) is 2.51. The third-order valence-corrected chi connectivity index (χ3v) is 3.55. The van der Waals surface area contributed by atoms with Crippen LogP contribution in [0.15, 0.2) is 42.7 Å². The van der Waals surface area contributed by atoms with Gasteiger partial charge in [0.05, 0.1) is 5.52 Å². The van der Waals surface area contributed by atoms with Gasteiger partial charge >= 0.3 is 5.97 Å². The maximum atomic E-state index is 11.1. The Kier molecular flexibility index (Phi) is 2.53. The second kappa shape index (κ2) is 4.19. The maximum Gasteiger partial charge on any atom is 0.348 e. The summed E-state index contributed by atoms with van der Waals surface area (Å²) in [5.74, 6) is -0.936. The Morgan fingerprint density at radius 2 is 1.89 bits per heavy atom. The highest BCUT2D eigenvalue weighted by molar-refractivity contribution is 7.09. The van der Waals surface area contributed by atoms with Gasteiger partial charge in [-0.1, -0.05) is 6.07 Å². The van der Waals surface area contributed by atoms with E-state index in [9.17, 15) is 4.79 Å². The van der Waals surface area contributed by atoms with Crippen LogP contribution in [-0.4, -0.2) is 20.4 Å². The minimum absolute atomic E-state index is 0.279. The first-order chi connectivity index (χ1) is 8.75. The van der Waals surface area contributed by atoms with Gasteiger partial charge in [-0.3, -0.25) is 4.98 Å². The topological polar surface area (TPSA) is 63.1 Å². The van der Waals surface area contributed by atoms with E-state index in [-0.39, 0.29) is 4.88 Å². The van der Waals surface area contributed by atoms with Crippen molar-refractivity contribution in [3.63, 3.8) is 0 Å². The molecule has 0 fully saturated rings. The van der Waals surface area contributed by atoms with Crippen LogP contribution < -0.4 is 0 Å². The molecule has 0 atom stereocenters. The molecule has 0 aliphatic rings. The number of carboxylic acid groups (broad SMARTS) is 1. The third kappa shape index (κ3) is 1.74. The molecule has 1 aromatic carbocycles. The van der Waals surface area contributed by atoms with Crippen molar-refractivity contribution in [2.24, 2.45) is 0 Å². The number of nitrogens with zero attached hydrogens (tertiary/aromatic N) is 2. The molecule has 0 saturated heterocycles. The lowest BCUT2D eigenvalue weighted by molar-refractivity contribution is 0.0704. The highest BCUT2D eigenvalue weighted by Gasteiger charge is 2.13. The Morgan fingerprint density at radius 1 is 1.11 bits per heavy atom. The van der Waals surface area contributed by atoms with Gasteiger partial charge in [0.15, 0.2) is 0 Å². The molecule has 0 saturated carbocycles. The quantitative estimate of drug-likeness (QED) is 0.765. The number of hydrogen-bond acceptors (Lipinski definition) is 4. The van der Waals surface area contributed by atoms with Crippen molar-refractivity contribution in [2.75, 3.05) is 0 Å². The van der Waals surface area contributed by atoms with E-state index in [2.05, 4.69) is 9.36 Å². The molecule has 2 aromatic heterocycles. The number of aromatic carboxylic acids is 1. The van der Waals surface area contributed by atoms with Gasteiger partial charge in [-0.15, -0.1) is 0 Å². The zero-order valence-corrected chi connectivity index (χ0v) is 10.0. The average molecular weight is 256 g/mol. The number of rotatable bonds is 2. The Morgan fingerprint density at radius 3 is 2.61 bits per heavy atom. The van der Waals surface area contributed by atoms with Crippen LogP contribution in [0.4, 0.5) is 0 Å². The lowest BCUT2D eigenvalue weighted by Crippen LogP contribution is -1.92. The molecule has 0 radical (unpaired) electrons. The zero-order chi connectivity index (χ0) is 12.5. The number of aromatic nitrogens is 2. The first-order valence-corrected chi connectivity index (χ1v) is 6.06.